The molecule has 0 radical (unpaired) electrons. The number of hydrogen-bond donors (Lipinski definition) is 5. The molecular weight excluding hydrogens is 416 g/mol. The molecule has 0 spiro atoms. The van der Waals surface area contributed by atoms with Gasteiger partial charge in [0.1, 0.15) is 24.9 Å². The van der Waals surface area contributed by atoms with Crippen LogP contribution in [0.4, 0.5) is 0 Å². The summed E-state index contributed by atoms with van der Waals surface area (Å²) >= 11 is 0. The molecule has 5 N–H and O–H groups in total. The Morgan fingerprint density at radius 2 is 1.25 bits per heavy atom. The van der Waals surface area contributed by atoms with Crippen molar-refractivity contribution in [2.45, 2.75) is 128 Å². The fraction of sp³-hybridized carbons (Fsp3) is 0.917. The second kappa shape index (κ2) is 18.4. The van der Waals surface area contributed by atoms with Crippen molar-refractivity contribution in [2.75, 3.05) is 13.2 Å². The van der Waals surface area contributed by atoms with Gasteiger partial charge in [-0.05, 0) is 12.8 Å². The van der Waals surface area contributed by atoms with E-state index in [9.17, 15) is 35.1 Å². The monoisotopic (exact) mass is 462 g/mol. The number of ether oxygens (including phenoxy) is 1. The van der Waals surface area contributed by atoms with Crippen LogP contribution >= 0.6 is 0 Å². The number of carbonyl (C=O) groups is 2. The number of rotatable bonds is 21. The summed E-state index contributed by atoms with van der Waals surface area (Å²) in [5, 5.41) is 50.6. The zero-order valence-electron chi connectivity index (χ0n) is 20.0. The SMILES string of the molecule is CCCCCCCCC(=O)OC[C@@H](O)[C@@H](O)[C@@](O)(C(=O)CCCCCCCC)[C@@H](O)CO. The highest BCUT2D eigenvalue weighted by molar-refractivity contribution is 5.88. The maximum absolute atomic E-state index is 12.6. The van der Waals surface area contributed by atoms with Crippen molar-refractivity contribution in [1.29, 1.82) is 0 Å². The van der Waals surface area contributed by atoms with Crippen molar-refractivity contribution in [3.8, 4) is 0 Å². The first-order valence-electron chi connectivity index (χ1n) is 12.3. The van der Waals surface area contributed by atoms with Crippen LogP contribution in [-0.4, -0.2) is 74.4 Å². The van der Waals surface area contributed by atoms with Gasteiger partial charge in [-0.25, -0.2) is 0 Å². The predicted molar refractivity (Wildman–Crippen MR) is 122 cm³/mol. The van der Waals surface area contributed by atoms with Crippen molar-refractivity contribution in [3.05, 3.63) is 0 Å². The van der Waals surface area contributed by atoms with E-state index in [4.69, 9.17) is 4.74 Å². The third-order valence-electron chi connectivity index (χ3n) is 5.85. The van der Waals surface area contributed by atoms with Gasteiger partial charge in [-0.3, -0.25) is 9.59 Å². The van der Waals surface area contributed by atoms with E-state index in [1.807, 2.05) is 0 Å². The van der Waals surface area contributed by atoms with Crippen LogP contribution in [0, 0.1) is 0 Å². The summed E-state index contributed by atoms with van der Waals surface area (Å²) in [6.07, 6.45) is 5.59. The summed E-state index contributed by atoms with van der Waals surface area (Å²) in [6.45, 7) is 2.62. The molecule has 0 aromatic rings. The molecule has 0 unspecified atom stereocenters. The summed E-state index contributed by atoms with van der Waals surface area (Å²) < 4.78 is 4.96. The molecule has 8 heteroatoms. The highest BCUT2D eigenvalue weighted by atomic mass is 16.5. The van der Waals surface area contributed by atoms with Gasteiger partial charge >= 0.3 is 5.97 Å². The van der Waals surface area contributed by atoms with Crippen molar-refractivity contribution >= 4 is 11.8 Å². The topological polar surface area (TPSA) is 145 Å². The molecule has 32 heavy (non-hydrogen) atoms. The smallest absolute Gasteiger partial charge is 0.305 e. The number of aliphatic hydroxyl groups excluding tert-OH is 4. The average Bonchev–Trinajstić information content (AvgIpc) is 2.79. The van der Waals surface area contributed by atoms with E-state index < -0.39 is 48.9 Å². The van der Waals surface area contributed by atoms with Gasteiger partial charge in [-0.1, -0.05) is 78.1 Å². The Hall–Kier alpha value is -1.06. The van der Waals surface area contributed by atoms with Gasteiger partial charge in [0.2, 0.25) is 0 Å². The van der Waals surface area contributed by atoms with E-state index in [1.165, 1.54) is 0 Å². The van der Waals surface area contributed by atoms with Crippen LogP contribution in [0.25, 0.3) is 0 Å². The molecule has 0 amide bonds. The third kappa shape index (κ3) is 11.7. The fourth-order valence-corrected chi connectivity index (χ4v) is 3.64. The zero-order valence-corrected chi connectivity index (χ0v) is 20.0. The van der Waals surface area contributed by atoms with E-state index >= 15 is 0 Å². The molecule has 190 valence electrons. The van der Waals surface area contributed by atoms with Gasteiger partial charge in [-0.15, -0.1) is 0 Å². The highest BCUT2D eigenvalue weighted by Gasteiger charge is 2.51. The van der Waals surface area contributed by atoms with Crippen molar-refractivity contribution < 1.29 is 39.9 Å². The van der Waals surface area contributed by atoms with Gasteiger partial charge in [0.15, 0.2) is 11.4 Å². The molecule has 0 rings (SSSR count). The summed E-state index contributed by atoms with van der Waals surface area (Å²) in [5.74, 6) is -1.41. The summed E-state index contributed by atoms with van der Waals surface area (Å²) in [4.78, 5) is 24.4. The Labute approximate surface area is 193 Å². The van der Waals surface area contributed by atoms with Crippen molar-refractivity contribution in [2.24, 2.45) is 0 Å². The molecule has 0 aromatic heterocycles. The molecule has 0 bridgehead atoms. The minimum atomic E-state index is -2.75. The Kier molecular flexibility index (Phi) is 17.8. The predicted octanol–water partition coefficient (Wildman–Crippen LogP) is 2.41. The van der Waals surface area contributed by atoms with Crippen LogP contribution in [0.1, 0.15) is 104 Å². The third-order valence-corrected chi connectivity index (χ3v) is 5.85. The van der Waals surface area contributed by atoms with Gasteiger partial charge < -0.3 is 30.3 Å². The maximum Gasteiger partial charge on any atom is 0.305 e. The van der Waals surface area contributed by atoms with Crippen LogP contribution in [-0.2, 0) is 14.3 Å². The lowest BCUT2D eigenvalue weighted by Gasteiger charge is -2.37. The largest absolute Gasteiger partial charge is 0.463 e. The molecule has 4 atom stereocenters. The minimum Gasteiger partial charge on any atom is -0.463 e. The number of ketones is 1. The molecular formula is C24H46O8. The Morgan fingerprint density at radius 1 is 0.781 bits per heavy atom. The molecule has 0 aromatic carbocycles. The molecule has 0 saturated heterocycles. The van der Waals surface area contributed by atoms with E-state index in [-0.39, 0.29) is 12.8 Å². The molecule has 0 fully saturated rings. The summed E-state index contributed by atoms with van der Waals surface area (Å²) in [5.41, 5.74) is -2.75. The molecule has 0 aliphatic heterocycles. The van der Waals surface area contributed by atoms with Gasteiger partial charge in [0.05, 0.1) is 6.61 Å². The number of carbonyl (C=O) groups excluding carboxylic acids is 2. The van der Waals surface area contributed by atoms with Gasteiger partial charge in [0.25, 0.3) is 0 Å². The average molecular weight is 463 g/mol. The first-order chi connectivity index (χ1) is 15.2. The number of hydrogen-bond acceptors (Lipinski definition) is 8. The van der Waals surface area contributed by atoms with Gasteiger partial charge in [-0.2, -0.15) is 0 Å². The number of esters is 1. The standard InChI is InChI=1S/C24H46O8/c1-3-5-7-9-11-13-15-20(27)24(31,21(28)17-25)23(30)19(26)18-32-22(29)16-14-12-10-8-6-4-2/h19,21,23,25-26,28,30-31H,3-18H2,1-2H3/t19-,21+,23-,24-/m1/s1. The molecule has 8 nitrogen and oxygen atoms in total. The van der Waals surface area contributed by atoms with Crippen LogP contribution in [0.2, 0.25) is 0 Å². The lowest BCUT2D eigenvalue weighted by Crippen LogP contribution is -2.63. The number of Topliss-reactive ketones (excluding diaryl/α,β-unsaturated/α-hetero) is 1. The highest BCUT2D eigenvalue weighted by Crippen LogP contribution is 2.24. The molecule has 0 aliphatic carbocycles. The van der Waals surface area contributed by atoms with Gasteiger partial charge in [0, 0.05) is 12.8 Å². The van der Waals surface area contributed by atoms with E-state index in [0.29, 0.717) is 12.8 Å². The second-order valence-corrected chi connectivity index (χ2v) is 8.68. The lowest BCUT2D eigenvalue weighted by atomic mass is 9.81. The number of aliphatic hydroxyl groups is 5. The van der Waals surface area contributed by atoms with Crippen LogP contribution in [0.5, 0.6) is 0 Å². The van der Waals surface area contributed by atoms with E-state index in [1.54, 1.807) is 0 Å². The summed E-state index contributed by atoms with van der Waals surface area (Å²) in [6, 6.07) is 0. The van der Waals surface area contributed by atoms with Crippen LogP contribution < -0.4 is 0 Å². The first-order valence-corrected chi connectivity index (χ1v) is 12.3. The molecule has 0 heterocycles. The summed E-state index contributed by atoms with van der Waals surface area (Å²) in [7, 11) is 0. The first kappa shape index (κ1) is 30.9. The van der Waals surface area contributed by atoms with E-state index in [2.05, 4.69) is 13.8 Å². The normalized spacial score (nSPS) is 16.2. The Morgan fingerprint density at radius 3 is 1.75 bits per heavy atom. The minimum absolute atomic E-state index is 0.110. The number of unbranched alkanes of at least 4 members (excludes halogenated alkanes) is 10. The van der Waals surface area contributed by atoms with E-state index in [0.717, 1.165) is 64.2 Å². The quantitative estimate of drug-likeness (QED) is 0.129. The van der Waals surface area contributed by atoms with Crippen LogP contribution in [0.3, 0.4) is 0 Å². The Bertz CT molecular complexity index is 498. The van der Waals surface area contributed by atoms with Crippen molar-refractivity contribution in [3.63, 3.8) is 0 Å². The molecule has 0 aliphatic rings. The Balaban J connectivity index is 4.61. The second-order valence-electron chi connectivity index (χ2n) is 8.68. The lowest BCUT2D eigenvalue weighted by molar-refractivity contribution is -0.198. The fourth-order valence-electron chi connectivity index (χ4n) is 3.64. The molecule has 0 saturated carbocycles. The maximum atomic E-state index is 12.6. The van der Waals surface area contributed by atoms with Crippen molar-refractivity contribution in [1.82, 2.24) is 0 Å². The van der Waals surface area contributed by atoms with Crippen LogP contribution in [0.15, 0.2) is 0 Å². The zero-order chi connectivity index (χ0) is 24.4.